The third kappa shape index (κ3) is 3.68. The average molecular weight is 365 g/mol. The average Bonchev–Trinajstić information content (AvgIpc) is 2.88. The van der Waals surface area contributed by atoms with E-state index >= 15 is 0 Å². The highest BCUT2D eigenvalue weighted by Crippen LogP contribution is 2.25. The summed E-state index contributed by atoms with van der Waals surface area (Å²) >= 11 is 5.38. The molecule has 1 aliphatic heterocycles. The minimum atomic E-state index is 1.08. The van der Waals surface area contributed by atoms with Crippen LogP contribution in [0.25, 0.3) is 0 Å². The van der Waals surface area contributed by atoms with Crippen LogP contribution in [0.15, 0.2) is 34.1 Å². The van der Waals surface area contributed by atoms with E-state index in [0.717, 1.165) is 32.7 Å². The summed E-state index contributed by atoms with van der Waals surface area (Å²) in [6, 6.07) is 8.99. The van der Waals surface area contributed by atoms with Crippen molar-refractivity contribution in [1.82, 2.24) is 4.90 Å². The maximum Gasteiger partial charge on any atom is 0.0399 e. The largest absolute Gasteiger partial charge is 0.369 e. The molecule has 1 saturated heterocycles. The van der Waals surface area contributed by atoms with Gasteiger partial charge in [0.1, 0.15) is 0 Å². The van der Waals surface area contributed by atoms with Crippen molar-refractivity contribution >= 4 is 33.0 Å². The van der Waals surface area contributed by atoms with E-state index in [0.29, 0.717) is 0 Å². The second kappa shape index (κ2) is 6.51. The Morgan fingerprint density at radius 3 is 2.52 bits per heavy atom. The highest BCUT2D eigenvalue weighted by molar-refractivity contribution is 9.10. The predicted molar refractivity (Wildman–Crippen MR) is 95.4 cm³/mol. The molecule has 0 saturated carbocycles. The van der Waals surface area contributed by atoms with Crippen molar-refractivity contribution < 1.29 is 0 Å². The zero-order valence-corrected chi connectivity index (χ0v) is 15.0. The van der Waals surface area contributed by atoms with Gasteiger partial charge >= 0.3 is 0 Å². The van der Waals surface area contributed by atoms with Crippen LogP contribution >= 0.6 is 27.3 Å². The molecule has 0 atom stereocenters. The number of hydrogen-bond donors (Lipinski definition) is 0. The standard InChI is InChI=1S/C17H21BrN2S/c1-13-3-4-14(2)17(9-13)20-7-5-19(6-8-20)11-16-10-15(18)12-21-16/h3-4,9-10,12H,5-8,11H2,1-2H3. The van der Waals surface area contributed by atoms with Crippen LogP contribution in [0.2, 0.25) is 0 Å². The van der Waals surface area contributed by atoms with Gasteiger partial charge in [0.15, 0.2) is 0 Å². The molecule has 1 aromatic heterocycles. The van der Waals surface area contributed by atoms with Gasteiger partial charge in [-0.3, -0.25) is 4.90 Å². The lowest BCUT2D eigenvalue weighted by Crippen LogP contribution is -2.46. The Bertz CT molecular complexity index is 615. The third-order valence-corrected chi connectivity index (χ3v) is 5.76. The van der Waals surface area contributed by atoms with Gasteiger partial charge in [-0.1, -0.05) is 12.1 Å². The molecule has 1 fully saturated rings. The monoisotopic (exact) mass is 364 g/mol. The molecule has 1 aromatic carbocycles. The van der Waals surface area contributed by atoms with Gasteiger partial charge in [-0.05, 0) is 53.0 Å². The fourth-order valence-corrected chi connectivity index (χ4v) is 4.36. The van der Waals surface area contributed by atoms with E-state index in [4.69, 9.17) is 0 Å². The molecule has 2 nitrogen and oxygen atoms in total. The van der Waals surface area contributed by atoms with Crippen LogP contribution in [-0.2, 0) is 6.54 Å². The Hall–Kier alpha value is -0.840. The summed E-state index contributed by atoms with van der Waals surface area (Å²) in [5, 5.41) is 2.17. The number of aryl methyl sites for hydroxylation is 2. The summed E-state index contributed by atoms with van der Waals surface area (Å²) in [6.07, 6.45) is 0. The molecule has 2 aromatic rings. The summed E-state index contributed by atoms with van der Waals surface area (Å²) in [4.78, 5) is 6.53. The molecular formula is C17H21BrN2S. The van der Waals surface area contributed by atoms with Crippen molar-refractivity contribution in [3.63, 3.8) is 0 Å². The molecule has 0 radical (unpaired) electrons. The molecule has 4 heteroatoms. The Balaban J connectivity index is 1.61. The van der Waals surface area contributed by atoms with Crippen molar-refractivity contribution in [2.24, 2.45) is 0 Å². The van der Waals surface area contributed by atoms with E-state index in [1.807, 2.05) is 11.3 Å². The van der Waals surface area contributed by atoms with E-state index in [1.54, 1.807) is 0 Å². The fraction of sp³-hybridized carbons (Fsp3) is 0.412. The molecule has 21 heavy (non-hydrogen) atoms. The van der Waals surface area contributed by atoms with E-state index in [9.17, 15) is 0 Å². The van der Waals surface area contributed by atoms with Crippen LogP contribution in [0.1, 0.15) is 16.0 Å². The van der Waals surface area contributed by atoms with Gasteiger partial charge in [0, 0.05) is 53.1 Å². The first-order valence-electron chi connectivity index (χ1n) is 7.39. The topological polar surface area (TPSA) is 6.48 Å². The van der Waals surface area contributed by atoms with Crippen LogP contribution < -0.4 is 4.90 Å². The van der Waals surface area contributed by atoms with Crippen molar-refractivity contribution in [2.45, 2.75) is 20.4 Å². The molecule has 0 N–H and O–H groups in total. The molecule has 1 aliphatic rings. The van der Waals surface area contributed by atoms with E-state index in [1.165, 1.54) is 26.2 Å². The summed E-state index contributed by atoms with van der Waals surface area (Å²) in [5.41, 5.74) is 4.14. The molecule has 0 aliphatic carbocycles. The Morgan fingerprint density at radius 2 is 1.86 bits per heavy atom. The van der Waals surface area contributed by atoms with Gasteiger partial charge in [0.05, 0.1) is 0 Å². The van der Waals surface area contributed by atoms with Crippen molar-refractivity contribution in [3.05, 3.63) is 50.1 Å². The van der Waals surface area contributed by atoms with Crippen LogP contribution in [0.5, 0.6) is 0 Å². The molecule has 0 spiro atoms. The van der Waals surface area contributed by atoms with Gasteiger partial charge in [-0.15, -0.1) is 11.3 Å². The molecule has 2 heterocycles. The van der Waals surface area contributed by atoms with E-state index < -0.39 is 0 Å². The number of hydrogen-bond acceptors (Lipinski definition) is 3. The maximum absolute atomic E-state index is 3.54. The number of anilines is 1. The minimum Gasteiger partial charge on any atom is -0.369 e. The SMILES string of the molecule is Cc1ccc(C)c(N2CCN(Cc3cc(Br)cs3)CC2)c1. The summed E-state index contributed by atoms with van der Waals surface area (Å²) in [7, 11) is 0. The van der Waals surface area contributed by atoms with Gasteiger partial charge in [0.25, 0.3) is 0 Å². The number of thiophene rings is 1. The molecule has 0 bridgehead atoms. The summed E-state index contributed by atoms with van der Waals surface area (Å²) in [6.45, 7) is 9.99. The predicted octanol–water partition coefficient (Wildman–Crippen LogP) is 4.45. The van der Waals surface area contributed by atoms with Gasteiger partial charge < -0.3 is 4.90 Å². The highest BCUT2D eigenvalue weighted by atomic mass is 79.9. The Kier molecular flexibility index (Phi) is 4.67. The van der Waals surface area contributed by atoms with Crippen molar-refractivity contribution in [3.8, 4) is 0 Å². The van der Waals surface area contributed by atoms with Crippen LogP contribution in [0.4, 0.5) is 5.69 Å². The van der Waals surface area contributed by atoms with Crippen LogP contribution in [0.3, 0.4) is 0 Å². The number of halogens is 1. The number of nitrogens with zero attached hydrogens (tertiary/aromatic N) is 2. The third-order valence-electron chi connectivity index (χ3n) is 4.08. The normalized spacial score (nSPS) is 16.4. The first-order chi connectivity index (χ1) is 10.1. The minimum absolute atomic E-state index is 1.08. The first-order valence-corrected chi connectivity index (χ1v) is 9.06. The highest BCUT2D eigenvalue weighted by Gasteiger charge is 2.18. The van der Waals surface area contributed by atoms with Crippen LogP contribution in [-0.4, -0.2) is 31.1 Å². The summed E-state index contributed by atoms with van der Waals surface area (Å²) in [5.74, 6) is 0. The first kappa shape index (κ1) is 15.1. The zero-order valence-electron chi connectivity index (χ0n) is 12.6. The quantitative estimate of drug-likeness (QED) is 0.793. The molecular weight excluding hydrogens is 344 g/mol. The van der Waals surface area contributed by atoms with Crippen LogP contribution in [0, 0.1) is 13.8 Å². The lowest BCUT2D eigenvalue weighted by atomic mass is 10.1. The second-order valence-electron chi connectivity index (χ2n) is 5.78. The van der Waals surface area contributed by atoms with E-state index in [2.05, 4.69) is 69.2 Å². The fourth-order valence-electron chi connectivity index (χ4n) is 2.86. The Labute approximate surface area is 139 Å². The van der Waals surface area contributed by atoms with Crippen molar-refractivity contribution in [2.75, 3.05) is 31.1 Å². The molecule has 0 unspecified atom stereocenters. The lowest BCUT2D eigenvalue weighted by Gasteiger charge is -2.36. The molecule has 112 valence electrons. The van der Waals surface area contributed by atoms with Gasteiger partial charge in [-0.25, -0.2) is 0 Å². The number of piperazine rings is 1. The molecule has 3 rings (SSSR count). The Morgan fingerprint density at radius 1 is 1.10 bits per heavy atom. The van der Waals surface area contributed by atoms with Gasteiger partial charge in [-0.2, -0.15) is 0 Å². The van der Waals surface area contributed by atoms with Crippen molar-refractivity contribution in [1.29, 1.82) is 0 Å². The molecule has 0 amide bonds. The lowest BCUT2D eigenvalue weighted by molar-refractivity contribution is 0.252. The van der Waals surface area contributed by atoms with Gasteiger partial charge in [0.2, 0.25) is 0 Å². The summed E-state index contributed by atoms with van der Waals surface area (Å²) < 4.78 is 1.21. The zero-order chi connectivity index (χ0) is 14.8. The number of rotatable bonds is 3. The second-order valence-corrected chi connectivity index (χ2v) is 7.70. The smallest absolute Gasteiger partial charge is 0.0399 e. The maximum atomic E-state index is 3.54. The number of benzene rings is 1. The van der Waals surface area contributed by atoms with E-state index in [-0.39, 0.29) is 0 Å².